The van der Waals surface area contributed by atoms with Crippen LogP contribution in [-0.4, -0.2) is 12.3 Å². The number of ether oxygens (including phenoxy) is 2. The first kappa shape index (κ1) is 18.7. The van der Waals surface area contributed by atoms with E-state index in [1.165, 1.54) is 0 Å². The van der Waals surface area contributed by atoms with Gasteiger partial charge in [-0.25, -0.2) is 0 Å². The van der Waals surface area contributed by atoms with E-state index in [1.54, 1.807) is 0 Å². The Morgan fingerprint density at radius 3 is 2.30 bits per heavy atom. The van der Waals surface area contributed by atoms with Crippen molar-refractivity contribution in [1.82, 2.24) is 0 Å². The Morgan fingerprint density at radius 2 is 1.59 bits per heavy atom. The predicted molar refractivity (Wildman–Crippen MR) is 112 cm³/mol. The minimum Gasteiger partial charge on any atom is -0.491 e. The van der Waals surface area contributed by atoms with Crippen molar-refractivity contribution >= 4 is 11.9 Å². The molecule has 3 nitrogen and oxygen atoms in total. The summed E-state index contributed by atoms with van der Waals surface area (Å²) in [5.74, 6) is 2.28. The molecule has 27 heavy (non-hydrogen) atoms. The lowest BCUT2D eigenvalue weighted by Gasteiger charge is -2.15. The molecule has 0 fully saturated rings. The van der Waals surface area contributed by atoms with Crippen LogP contribution >= 0.6 is 0 Å². The van der Waals surface area contributed by atoms with Crippen LogP contribution < -0.4 is 9.47 Å². The van der Waals surface area contributed by atoms with Gasteiger partial charge in [-0.2, -0.15) is 0 Å². The zero-order valence-electron chi connectivity index (χ0n) is 15.8. The second-order valence-electron chi connectivity index (χ2n) is 6.43. The molecule has 0 aliphatic rings. The van der Waals surface area contributed by atoms with Gasteiger partial charge in [0.15, 0.2) is 5.75 Å². The highest BCUT2D eigenvalue weighted by atomic mass is 16.5. The van der Waals surface area contributed by atoms with Gasteiger partial charge < -0.3 is 9.47 Å². The Balaban J connectivity index is 1.88. The van der Waals surface area contributed by atoms with Crippen LogP contribution in [-0.2, 0) is 0 Å². The third-order valence-corrected chi connectivity index (χ3v) is 4.09. The first-order chi connectivity index (χ1) is 13.2. The second kappa shape index (κ2) is 9.58. The summed E-state index contributed by atoms with van der Waals surface area (Å²) in [5.41, 5.74) is 1.78. The first-order valence-electron chi connectivity index (χ1n) is 9.37. The SMILES string of the molecule is CCCC(C)Oc1ccc(Oc2ccccc2)c(N=Cc2ccccc2)c1. The second-order valence-corrected chi connectivity index (χ2v) is 6.43. The molecule has 0 amide bonds. The van der Waals surface area contributed by atoms with E-state index in [1.807, 2.05) is 85.1 Å². The minimum atomic E-state index is 0.168. The molecule has 0 aliphatic carbocycles. The van der Waals surface area contributed by atoms with Crippen molar-refractivity contribution in [2.75, 3.05) is 0 Å². The average Bonchev–Trinajstić information content (AvgIpc) is 2.70. The van der Waals surface area contributed by atoms with Gasteiger partial charge in [-0.05, 0) is 43.2 Å². The maximum atomic E-state index is 6.04. The summed E-state index contributed by atoms with van der Waals surface area (Å²) >= 11 is 0. The Labute approximate surface area is 161 Å². The Morgan fingerprint density at radius 1 is 0.889 bits per heavy atom. The summed E-state index contributed by atoms with van der Waals surface area (Å²) in [4.78, 5) is 4.66. The summed E-state index contributed by atoms with van der Waals surface area (Å²) in [6, 6.07) is 25.5. The van der Waals surface area contributed by atoms with Crippen LogP contribution in [0.15, 0.2) is 83.9 Å². The number of rotatable bonds is 8. The molecule has 3 aromatic carbocycles. The summed E-state index contributed by atoms with van der Waals surface area (Å²) in [7, 11) is 0. The first-order valence-corrected chi connectivity index (χ1v) is 9.37. The molecule has 3 rings (SSSR count). The van der Waals surface area contributed by atoms with Gasteiger partial charge in [0.2, 0.25) is 0 Å². The lowest BCUT2D eigenvalue weighted by atomic mass is 10.2. The van der Waals surface area contributed by atoms with Crippen LogP contribution in [0.25, 0.3) is 0 Å². The summed E-state index contributed by atoms with van der Waals surface area (Å²) in [6.45, 7) is 4.25. The van der Waals surface area contributed by atoms with E-state index in [2.05, 4.69) is 18.8 Å². The maximum Gasteiger partial charge on any atom is 0.153 e. The van der Waals surface area contributed by atoms with Crippen LogP contribution in [0, 0.1) is 0 Å². The maximum absolute atomic E-state index is 6.04. The molecule has 0 bridgehead atoms. The van der Waals surface area contributed by atoms with E-state index in [0.717, 1.165) is 35.6 Å². The molecule has 0 aliphatic heterocycles. The average molecular weight is 359 g/mol. The standard InChI is InChI=1S/C24H25NO2/c1-3-10-19(2)26-22-15-16-24(27-21-13-8-5-9-14-21)23(17-22)25-18-20-11-6-4-7-12-20/h4-9,11-19H,3,10H2,1-2H3. The van der Waals surface area contributed by atoms with E-state index >= 15 is 0 Å². The molecule has 0 saturated carbocycles. The normalized spacial score (nSPS) is 12.1. The molecule has 3 aromatic rings. The highest BCUT2D eigenvalue weighted by Gasteiger charge is 2.09. The number of nitrogens with zero attached hydrogens (tertiary/aromatic N) is 1. The van der Waals surface area contributed by atoms with E-state index < -0.39 is 0 Å². The van der Waals surface area contributed by atoms with Gasteiger partial charge in [0.1, 0.15) is 17.2 Å². The molecular weight excluding hydrogens is 334 g/mol. The number of para-hydroxylation sites is 1. The van der Waals surface area contributed by atoms with Gasteiger partial charge in [0.25, 0.3) is 0 Å². The van der Waals surface area contributed by atoms with Gasteiger partial charge in [-0.15, -0.1) is 0 Å². The van der Waals surface area contributed by atoms with E-state index in [9.17, 15) is 0 Å². The highest BCUT2D eigenvalue weighted by molar-refractivity contribution is 5.82. The lowest BCUT2D eigenvalue weighted by Crippen LogP contribution is -2.10. The molecule has 1 atom stereocenters. The molecule has 0 spiro atoms. The molecule has 0 saturated heterocycles. The summed E-state index contributed by atoms with van der Waals surface area (Å²) < 4.78 is 12.1. The molecule has 0 N–H and O–H groups in total. The topological polar surface area (TPSA) is 30.8 Å². The molecule has 138 valence electrons. The third-order valence-electron chi connectivity index (χ3n) is 4.09. The molecular formula is C24H25NO2. The van der Waals surface area contributed by atoms with Crippen LogP contribution in [0.2, 0.25) is 0 Å². The number of hydrogen-bond acceptors (Lipinski definition) is 3. The van der Waals surface area contributed by atoms with Gasteiger partial charge in [-0.1, -0.05) is 61.9 Å². The van der Waals surface area contributed by atoms with E-state index in [-0.39, 0.29) is 6.10 Å². The van der Waals surface area contributed by atoms with Crippen molar-refractivity contribution in [2.24, 2.45) is 4.99 Å². The highest BCUT2D eigenvalue weighted by Crippen LogP contribution is 2.35. The zero-order valence-corrected chi connectivity index (χ0v) is 15.8. The van der Waals surface area contributed by atoms with Crippen molar-refractivity contribution in [1.29, 1.82) is 0 Å². The van der Waals surface area contributed by atoms with Crippen molar-refractivity contribution in [3.05, 3.63) is 84.4 Å². The van der Waals surface area contributed by atoms with Crippen LogP contribution in [0.3, 0.4) is 0 Å². The van der Waals surface area contributed by atoms with Gasteiger partial charge in [0.05, 0.1) is 6.10 Å². The summed E-state index contributed by atoms with van der Waals surface area (Å²) in [5, 5.41) is 0. The molecule has 1 unspecified atom stereocenters. The largest absolute Gasteiger partial charge is 0.491 e. The molecule has 3 heteroatoms. The minimum absolute atomic E-state index is 0.168. The Bertz CT molecular complexity index is 860. The van der Waals surface area contributed by atoms with Crippen molar-refractivity contribution in [3.8, 4) is 17.2 Å². The predicted octanol–water partition coefficient (Wildman–Crippen LogP) is 6.80. The fourth-order valence-electron chi connectivity index (χ4n) is 2.75. The quantitative estimate of drug-likeness (QED) is 0.414. The Kier molecular flexibility index (Phi) is 6.64. The van der Waals surface area contributed by atoms with Gasteiger partial charge in [-0.3, -0.25) is 4.99 Å². The van der Waals surface area contributed by atoms with Crippen LogP contribution in [0.1, 0.15) is 32.3 Å². The molecule has 0 aromatic heterocycles. The van der Waals surface area contributed by atoms with Crippen LogP contribution in [0.5, 0.6) is 17.2 Å². The zero-order chi connectivity index (χ0) is 18.9. The smallest absolute Gasteiger partial charge is 0.153 e. The van der Waals surface area contributed by atoms with Crippen LogP contribution in [0.4, 0.5) is 5.69 Å². The number of hydrogen-bond donors (Lipinski definition) is 0. The fraction of sp³-hybridized carbons (Fsp3) is 0.208. The number of aliphatic imine (C=N–C) groups is 1. The summed E-state index contributed by atoms with van der Waals surface area (Å²) in [6.07, 6.45) is 4.12. The van der Waals surface area contributed by atoms with E-state index in [4.69, 9.17) is 9.47 Å². The lowest BCUT2D eigenvalue weighted by molar-refractivity contribution is 0.210. The Hall–Kier alpha value is -3.07. The van der Waals surface area contributed by atoms with Crippen molar-refractivity contribution in [2.45, 2.75) is 32.8 Å². The van der Waals surface area contributed by atoms with E-state index in [0.29, 0.717) is 5.75 Å². The molecule has 0 radical (unpaired) electrons. The van der Waals surface area contributed by atoms with Crippen molar-refractivity contribution < 1.29 is 9.47 Å². The van der Waals surface area contributed by atoms with Crippen molar-refractivity contribution in [3.63, 3.8) is 0 Å². The molecule has 0 heterocycles. The monoisotopic (exact) mass is 359 g/mol. The fourth-order valence-corrected chi connectivity index (χ4v) is 2.75. The number of benzene rings is 3. The van der Waals surface area contributed by atoms with Gasteiger partial charge >= 0.3 is 0 Å². The third kappa shape index (κ3) is 5.71. The van der Waals surface area contributed by atoms with Gasteiger partial charge in [0, 0.05) is 12.3 Å².